The molecule has 1 fully saturated rings. The van der Waals surface area contributed by atoms with Crippen molar-refractivity contribution in [1.29, 1.82) is 0 Å². The molecule has 0 unspecified atom stereocenters. The molecule has 1 aliphatic heterocycles. The molecular weight excluding hydrogens is 320 g/mol. The van der Waals surface area contributed by atoms with E-state index in [0.717, 1.165) is 0 Å². The number of hydrogen-bond donors (Lipinski definition) is 1. The fourth-order valence-electron chi connectivity index (χ4n) is 2.54. The molecule has 6 nitrogen and oxygen atoms in total. The van der Waals surface area contributed by atoms with E-state index in [1.807, 2.05) is 30.3 Å². The van der Waals surface area contributed by atoms with Crippen LogP contribution in [0, 0.1) is 0 Å². The van der Waals surface area contributed by atoms with E-state index >= 15 is 0 Å². The first-order valence-corrected chi connectivity index (χ1v) is 8.18. The monoisotopic (exact) mass is 340 g/mol. The molecule has 0 atom stereocenters. The topological polar surface area (TPSA) is 67.9 Å². The number of rotatable bonds is 5. The second kappa shape index (κ2) is 8.30. The van der Waals surface area contributed by atoms with E-state index in [2.05, 4.69) is 5.32 Å². The number of amides is 2. The van der Waals surface area contributed by atoms with E-state index in [1.54, 1.807) is 29.2 Å². The van der Waals surface area contributed by atoms with Gasteiger partial charge in [-0.15, -0.1) is 0 Å². The van der Waals surface area contributed by atoms with Crippen LogP contribution >= 0.6 is 0 Å². The number of nitrogens with zero attached hydrogens (tertiary/aromatic N) is 1. The van der Waals surface area contributed by atoms with Gasteiger partial charge < -0.3 is 19.7 Å². The molecule has 130 valence electrons. The Hall–Kier alpha value is -2.86. The van der Waals surface area contributed by atoms with Crippen molar-refractivity contribution in [1.82, 2.24) is 4.90 Å². The van der Waals surface area contributed by atoms with Crippen molar-refractivity contribution < 1.29 is 19.1 Å². The zero-order chi connectivity index (χ0) is 17.5. The molecule has 0 bridgehead atoms. The Bertz CT molecular complexity index is 727. The summed E-state index contributed by atoms with van der Waals surface area (Å²) in [6.45, 7) is 2.12. The number of benzene rings is 2. The summed E-state index contributed by atoms with van der Waals surface area (Å²) in [7, 11) is 0. The van der Waals surface area contributed by atoms with Gasteiger partial charge in [-0.1, -0.05) is 30.3 Å². The molecule has 25 heavy (non-hydrogen) atoms. The second-order valence-electron chi connectivity index (χ2n) is 5.60. The molecule has 1 heterocycles. The van der Waals surface area contributed by atoms with Gasteiger partial charge >= 0.3 is 0 Å². The van der Waals surface area contributed by atoms with Gasteiger partial charge in [0.2, 0.25) is 0 Å². The quantitative estimate of drug-likeness (QED) is 0.906. The fraction of sp³-hybridized carbons (Fsp3) is 0.263. The van der Waals surface area contributed by atoms with Crippen molar-refractivity contribution in [3.63, 3.8) is 0 Å². The first kappa shape index (κ1) is 17.0. The minimum absolute atomic E-state index is 0.102. The van der Waals surface area contributed by atoms with Gasteiger partial charge in [0.25, 0.3) is 11.8 Å². The van der Waals surface area contributed by atoms with Crippen LogP contribution in [0.15, 0.2) is 54.6 Å². The molecule has 2 amide bonds. The Morgan fingerprint density at radius 3 is 2.44 bits per heavy atom. The molecule has 6 heteroatoms. The van der Waals surface area contributed by atoms with Gasteiger partial charge in [0.15, 0.2) is 6.61 Å². The maximum atomic E-state index is 12.5. The van der Waals surface area contributed by atoms with Crippen LogP contribution in [-0.2, 0) is 9.53 Å². The van der Waals surface area contributed by atoms with E-state index < -0.39 is 0 Å². The SMILES string of the molecule is O=C(Nc1ccccc1)c1ccccc1OCC(=O)N1CCOCC1. The van der Waals surface area contributed by atoms with E-state index in [-0.39, 0.29) is 18.4 Å². The van der Waals surface area contributed by atoms with Crippen LogP contribution < -0.4 is 10.1 Å². The molecule has 0 radical (unpaired) electrons. The Morgan fingerprint density at radius 1 is 1.00 bits per heavy atom. The Morgan fingerprint density at radius 2 is 1.68 bits per heavy atom. The highest BCUT2D eigenvalue weighted by molar-refractivity contribution is 6.06. The number of ether oxygens (including phenoxy) is 2. The Labute approximate surface area is 146 Å². The lowest BCUT2D eigenvalue weighted by Crippen LogP contribution is -2.43. The number of carbonyl (C=O) groups excluding carboxylic acids is 2. The summed E-state index contributed by atoms with van der Waals surface area (Å²) in [5.74, 6) is -0.000248. The lowest BCUT2D eigenvalue weighted by atomic mass is 10.2. The predicted octanol–water partition coefficient (Wildman–Crippen LogP) is 2.18. The maximum Gasteiger partial charge on any atom is 0.260 e. The molecule has 0 spiro atoms. The summed E-state index contributed by atoms with van der Waals surface area (Å²) in [5, 5.41) is 2.82. The van der Waals surface area contributed by atoms with Gasteiger partial charge in [0, 0.05) is 18.8 Å². The van der Waals surface area contributed by atoms with E-state index in [9.17, 15) is 9.59 Å². The summed E-state index contributed by atoms with van der Waals surface area (Å²) in [6.07, 6.45) is 0. The first-order chi connectivity index (χ1) is 12.2. The molecule has 3 rings (SSSR count). The van der Waals surface area contributed by atoms with Crippen LogP contribution in [0.1, 0.15) is 10.4 Å². The number of carbonyl (C=O) groups is 2. The zero-order valence-electron chi connectivity index (χ0n) is 13.8. The number of morpholine rings is 1. The van der Waals surface area contributed by atoms with Crippen LogP contribution in [0.25, 0.3) is 0 Å². The lowest BCUT2D eigenvalue weighted by Gasteiger charge is -2.26. The second-order valence-corrected chi connectivity index (χ2v) is 5.60. The van der Waals surface area contributed by atoms with Crippen LogP contribution in [0.5, 0.6) is 5.75 Å². The van der Waals surface area contributed by atoms with E-state index in [4.69, 9.17) is 9.47 Å². The van der Waals surface area contributed by atoms with E-state index in [0.29, 0.717) is 43.3 Å². The third-order valence-electron chi connectivity index (χ3n) is 3.88. The van der Waals surface area contributed by atoms with Crippen LogP contribution in [0.2, 0.25) is 0 Å². The molecule has 1 N–H and O–H groups in total. The van der Waals surface area contributed by atoms with Gasteiger partial charge in [0.1, 0.15) is 5.75 Å². The van der Waals surface area contributed by atoms with E-state index in [1.165, 1.54) is 0 Å². The number of hydrogen-bond acceptors (Lipinski definition) is 4. The van der Waals surface area contributed by atoms with Crippen molar-refractivity contribution in [2.75, 3.05) is 38.2 Å². The summed E-state index contributed by atoms with van der Waals surface area (Å²) in [4.78, 5) is 26.4. The van der Waals surface area contributed by atoms with Crippen molar-refractivity contribution in [3.05, 3.63) is 60.2 Å². The predicted molar refractivity (Wildman–Crippen MR) is 93.7 cm³/mol. The van der Waals surface area contributed by atoms with Gasteiger partial charge in [-0.2, -0.15) is 0 Å². The molecule has 0 saturated carbocycles. The van der Waals surface area contributed by atoms with Crippen LogP contribution in [0.3, 0.4) is 0 Å². The summed E-state index contributed by atoms with van der Waals surface area (Å²) in [6, 6.07) is 16.1. The number of anilines is 1. The highest BCUT2D eigenvalue weighted by atomic mass is 16.5. The molecular formula is C19H20N2O4. The van der Waals surface area contributed by atoms with Crippen molar-refractivity contribution in [2.45, 2.75) is 0 Å². The third kappa shape index (κ3) is 4.58. The molecule has 0 aliphatic carbocycles. The number of nitrogens with one attached hydrogen (secondary N) is 1. The molecule has 1 aliphatic rings. The van der Waals surface area contributed by atoms with Gasteiger partial charge in [0.05, 0.1) is 18.8 Å². The summed E-state index contributed by atoms with van der Waals surface area (Å²) < 4.78 is 10.9. The van der Waals surface area contributed by atoms with Crippen LogP contribution in [0.4, 0.5) is 5.69 Å². The summed E-state index contributed by atoms with van der Waals surface area (Å²) >= 11 is 0. The van der Waals surface area contributed by atoms with Gasteiger partial charge in [-0.3, -0.25) is 9.59 Å². The minimum atomic E-state index is -0.277. The van der Waals surface area contributed by atoms with Crippen LogP contribution in [-0.4, -0.2) is 49.6 Å². The molecule has 2 aromatic carbocycles. The molecule has 2 aromatic rings. The standard InChI is InChI=1S/C19H20N2O4/c22-18(21-10-12-24-13-11-21)14-25-17-9-5-4-8-16(17)19(23)20-15-6-2-1-3-7-15/h1-9H,10-14H2,(H,20,23). The van der Waals surface area contributed by atoms with Crippen molar-refractivity contribution in [3.8, 4) is 5.75 Å². The highest BCUT2D eigenvalue weighted by Crippen LogP contribution is 2.20. The lowest BCUT2D eigenvalue weighted by molar-refractivity contribution is -0.137. The zero-order valence-corrected chi connectivity index (χ0v) is 13.8. The fourth-order valence-corrected chi connectivity index (χ4v) is 2.54. The number of para-hydroxylation sites is 2. The highest BCUT2D eigenvalue weighted by Gasteiger charge is 2.19. The average molecular weight is 340 g/mol. The Balaban J connectivity index is 1.64. The van der Waals surface area contributed by atoms with Gasteiger partial charge in [-0.05, 0) is 24.3 Å². The average Bonchev–Trinajstić information content (AvgIpc) is 2.68. The maximum absolute atomic E-state index is 12.5. The smallest absolute Gasteiger partial charge is 0.260 e. The van der Waals surface area contributed by atoms with Crippen molar-refractivity contribution >= 4 is 17.5 Å². The Kier molecular flexibility index (Phi) is 5.64. The molecule has 0 aromatic heterocycles. The van der Waals surface area contributed by atoms with Gasteiger partial charge in [-0.25, -0.2) is 0 Å². The van der Waals surface area contributed by atoms with Crippen molar-refractivity contribution in [2.24, 2.45) is 0 Å². The first-order valence-electron chi connectivity index (χ1n) is 8.18. The summed E-state index contributed by atoms with van der Waals surface area (Å²) in [5.41, 5.74) is 1.09. The minimum Gasteiger partial charge on any atom is -0.483 e. The largest absolute Gasteiger partial charge is 0.483 e. The normalized spacial score (nSPS) is 14.0. The third-order valence-corrected chi connectivity index (χ3v) is 3.88. The molecule has 1 saturated heterocycles.